The Morgan fingerprint density at radius 2 is 2.11 bits per heavy atom. The van der Waals surface area contributed by atoms with Crippen molar-refractivity contribution in [1.29, 1.82) is 0 Å². The number of ether oxygens (including phenoxy) is 1. The highest BCUT2D eigenvalue weighted by Crippen LogP contribution is 2.38. The van der Waals surface area contributed by atoms with Crippen LogP contribution in [0.5, 0.6) is 0 Å². The number of fused-ring (bicyclic) bond motifs is 1. The van der Waals surface area contributed by atoms with Crippen molar-refractivity contribution in [2.24, 2.45) is 0 Å². The number of aromatic nitrogens is 1. The number of aliphatic hydroxyl groups is 1. The maximum atomic E-state index is 13.4. The molecule has 4 rings (SSSR count). The molecule has 0 bridgehead atoms. The van der Waals surface area contributed by atoms with Crippen LogP contribution in [-0.2, 0) is 4.74 Å². The molecule has 1 atom stereocenters. The number of hydrogen-bond acceptors (Lipinski definition) is 3. The summed E-state index contributed by atoms with van der Waals surface area (Å²) in [5.74, 6) is -3.13. The van der Waals surface area contributed by atoms with Crippen LogP contribution in [0.15, 0.2) is 24.4 Å². The van der Waals surface area contributed by atoms with Crippen molar-refractivity contribution < 1.29 is 23.4 Å². The molecule has 152 valence electrons. The predicted molar refractivity (Wildman–Crippen MR) is 101 cm³/mol. The Labute approximate surface area is 166 Å². The molecular weight excluding hydrogens is 390 g/mol. The molecule has 0 radical (unpaired) electrons. The largest absolute Gasteiger partial charge is 0.388 e. The Morgan fingerprint density at radius 3 is 2.79 bits per heavy atom. The Morgan fingerprint density at radius 1 is 1.36 bits per heavy atom. The normalized spacial score (nSPS) is 23.8. The third-order valence-corrected chi connectivity index (χ3v) is 6.07. The van der Waals surface area contributed by atoms with Gasteiger partial charge in [0.25, 0.3) is 5.91 Å². The summed E-state index contributed by atoms with van der Waals surface area (Å²) in [4.78, 5) is 12.9. The number of rotatable bonds is 4. The van der Waals surface area contributed by atoms with Gasteiger partial charge in [0, 0.05) is 32.2 Å². The summed E-state index contributed by atoms with van der Waals surface area (Å²) in [6.07, 6.45) is 2.74. The molecule has 2 fully saturated rings. The molecule has 0 spiro atoms. The van der Waals surface area contributed by atoms with Crippen LogP contribution in [0.1, 0.15) is 60.7 Å². The summed E-state index contributed by atoms with van der Waals surface area (Å²) in [6, 6.07) is 5.29. The summed E-state index contributed by atoms with van der Waals surface area (Å²) in [5.41, 5.74) is 0.514. The lowest BCUT2D eigenvalue weighted by Crippen LogP contribution is -2.47. The van der Waals surface area contributed by atoms with Gasteiger partial charge >= 0.3 is 0 Å². The number of carbonyl (C=O) groups excluding carboxylic acids is 1. The maximum Gasteiger partial charge on any atom is 0.253 e. The van der Waals surface area contributed by atoms with E-state index in [2.05, 4.69) is 5.32 Å². The Hall–Kier alpha value is -1.70. The number of alkyl halides is 2. The minimum atomic E-state index is -2.74. The van der Waals surface area contributed by atoms with Gasteiger partial charge in [-0.1, -0.05) is 11.6 Å². The molecule has 1 unspecified atom stereocenters. The second-order valence-electron chi connectivity index (χ2n) is 7.82. The van der Waals surface area contributed by atoms with Crippen LogP contribution >= 0.6 is 11.6 Å². The minimum Gasteiger partial charge on any atom is -0.388 e. The number of halogens is 3. The second kappa shape index (κ2) is 7.28. The van der Waals surface area contributed by atoms with Crippen molar-refractivity contribution in [3.05, 3.63) is 40.7 Å². The van der Waals surface area contributed by atoms with Gasteiger partial charge in [0.15, 0.2) is 0 Å². The van der Waals surface area contributed by atoms with Crippen molar-refractivity contribution in [1.82, 2.24) is 9.72 Å². The number of hydrogen-bond donors (Lipinski definition) is 2. The molecule has 2 N–H and O–H groups in total. The minimum absolute atomic E-state index is 0.0429. The highest BCUT2D eigenvalue weighted by molar-refractivity contribution is 6.34. The molecule has 28 heavy (non-hydrogen) atoms. The van der Waals surface area contributed by atoms with Crippen LogP contribution < -0.4 is 5.32 Å². The van der Waals surface area contributed by atoms with Gasteiger partial charge in [-0.25, -0.2) is 8.78 Å². The molecule has 2 aromatic heterocycles. The van der Waals surface area contributed by atoms with E-state index in [9.17, 15) is 18.7 Å². The number of amides is 1. The molecule has 2 aromatic rings. The van der Waals surface area contributed by atoms with Crippen molar-refractivity contribution in [2.75, 3.05) is 13.2 Å². The van der Waals surface area contributed by atoms with E-state index in [0.29, 0.717) is 22.7 Å². The zero-order valence-electron chi connectivity index (χ0n) is 15.4. The van der Waals surface area contributed by atoms with Crippen molar-refractivity contribution >= 4 is 23.0 Å². The molecule has 0 aromatic carbocycles. The lowest BCUT2D eigenvalue weighted by molar-refractivity contribution is -0.101. The molecule has 1 saturated heterocycles. The average molecular weight is 413 g/mol. The fourth-order valence-electron chi connectivity index (χ4n) is 4.07. The fourth-order valence-corrected chi connectivity index (χ4v) is 4.34. The molecule has 1 saturated carbocycles. The lowest BCUT2D eigenvalue weighted by Gasteiger charge is -2.35. The molecule has 3 heterocycles. The fraction of sp³-hybridized carbons (Fsp3) is 0.550. The molecule has 5 nitrogen and oxygen atoms in total. The standard InChI is InChI=1S/C20H23ClF2N2O3/c21-14-3-1-9-25-15(16-4-2-10-28-16)11-13(17(14)25)18(26)24-12-19(27)5-7-20(22,23)8-6-19/h1,3,9,11,16,27H,2,4-8,10,12H2,(H,24,26). The van der Waals surface area contributed by atoms with E-state index in [4.69, 9.17) is 16.3 Å². The molecule has 8 heteroatoms. The van der Waals surface area contributed by atoms with Crippen molar-refractivity contribution in [3.63, 3.8) is 0 Å². The molecule has 2 aliphatic rings. The summed E-state index contributed by atoms with van der Waals surface area (Å²) in [7, 11) is 0. The van der Waals surface area contributed by atoms with Crippen LogP contribution in [0.3, 0.4) is 0 Å². The lowest BCUT2D eigenvalue weighted by atomic mass is 9.82. The van der Waals surface area contributed by atoms with E-state index in [1.165, 1.54) is 0 Å². The molecular formula is C20H23ClF2N2O3. The third kappa shape index (κ3) is 3.75. The molecule has 1 aliphatic carbocycles. The van der Waals surface area contributed by atoms with E-state index < -0.39 is 11.5 Å². The zero-order valence-corrected chi connectivity index (χ0v) is 16.1. The van der Waals surface area contributed by atoms with Crippen LogP contribution in [0, 0.1) is 0 Å². The monoisotopic (exact) mass is 412 g/mol. The average Bonchev–Trinajstić information content (AvgIpc) is 3.31. The van der Waals surface area contributed by atoms with E-state index in [-0.39, 0.29) is 44.2 Å². The van der Waals surface area contributed by atoms with Gasteiger partial charge in [0.05, 0.1) is 33.5 Å². The number of nitrogens with zero attached hydrogens (tertiary/aromatic N) is 1. The third-order valence-electron chi connectivity index (χ3n) is 5.76. The first-order valence-corrected chi connectivity index (χ1v) is 9.95. The van der Waals surface area contributed by atoms with Crippen LogP contribution in [0.4, 0.5) is 8.78 Å². The van der Waals surface area contributed by atoms with Crippen molar-refractivity contribution in [3.8, 4) is 0 Å². The van der Waals surface area contributed by atoms with Gasteiger partial charge < -0.3 is 19.6 Å². The van der Waals surface area contributed by atoms with E-state index in [1.807, 2.05) is 10.6 Å². The highest BCUT2D eigenvalue weighted by atomic mass is 35.5. The second-order valence-corrected chi connectivity index (χ2v) is 8.23. The number of nitrogens with one attached hydrogen (secondary N) is 1. The van der Waals surface area contributed by atoms with Gasteiger partial charge in [-0.3, -0.25) is 4.79 Å². The molecule has 1 aliphatic heterocycles. The zero-order chi connectivity index (χ0) is 19.9. The Bertz CT molecular complexity index is 883. The van der Waals surface area contributed by atoms with E-state index in [1.54, 1.807) is 18.2 Å². The molecule has 1 amide bonds. The van der Waals surface area contributed by atoms with Gasteiger partial charge in [-0.15, -0.1) is 0 Å². The first kappa shape index (κ1) is 19.6. The van der Waals surface area contributed by atoms with Gasteiger partial charge in [0.2, 0.25) is 5.92 Å². The van der Waals surface area contributed by atoms with Crippen LogP contribution in [-0.4, -0.2) is 40.1 Å². The summed E-state index contributed by atoms with van der Waals surface area (Å²) >= 11 is 6.36. The van der Waals surface area contributed by atoms with Gasteiger partial charge in [0.1, 0.15) is 0 Å². The Balaban J connectivity index is 1.56. The first-order valence-electron chi connectivity index (χ1n) is 9.58. The Kier molecular flexibility index (Phi) is 5.10. The van der Waals surface area contributed by atoms with E-state index in [0.717, 1.165) is 18.5 Å². The van der Waals surface area contributed by atoms with Gasteiger partial charge in [-0.05, 0) is 43.9 Å². The highest BCUT2D eigenvalue weighted by Gasteiger charge is 2.42. The van der Waals surface area contributed by atoms with Crippen LogP contribution in [0.2, 0.25) is 5.02 Å². The van der Waals surface area contributed by atoms with E-state index >= 15 is 0 Å². The summed E-state index contributed by atoms with van der Waals surface area (Å²) in [6.45, 7) is 0.608. The number of pyridine rings is 1. The number of carbonyl (C=O) groups is 1. The maximum absolute atomic E-state index is 13.4. The quantitative estimate of drug-likeness (QED) is 0.794. The van der Waals surface area contributed by atoms with Gasteiger partial charge in [-0.2, -0.15) is 0 Å². The SMILES string of the molecule is O=C(NCC1(O)CCC(F)(F)CC1)c1cc(C2CCCO2)n2cccc(Cl)c12. The van der Waals surface area contributed by atoms with Crippen molar-refractivity contribution in [2.45, 2.75) is 56.2 Å². The topological polar surface area (TPSA) is 63.0 Å². The predicted octanol–water partition coefficient (Wildman–Crippen LogP) is 4.11. The first-order chi connectivity index (χ1) is 13.3. The summed E-state index contributed by atoms with van der Waals surface area (Å²) < 4.78 is 34.3. The summed E-state index contributed by atoms with van der Waals surface area (Å²) in [5, 5.41) is 13.7. The van der Waals surface area contributed by atoms with Crippen LogP contribution in [0.25, 0.3) is 5.52 Å². The smallest absolute Gasteiger partial charge is 0.253 e.